The Balaban J connectivity index is 2.30. The fraction of sp³-hybridized carbons (Fsp3) is 0. The molecule has 2 aromatic rings. The Morgan fingerprint density at radius 2 is 1.65 bits per heavy atom. The van der Waals surface area contributed by atoms with Gasteiger partial charge in [0.25, 0.3) is 0 Å². The number of amides is 1. The third-order valence-corrected chi connectivity index (χ3v) is 2.81. The summed E-state index contributed by atoms with van der Waals surface area (Å²) in [5, 5.41) is 2.59. The van der Waals surface area contributed by atoms with Crippen molar-refractivity contribution in [1.29, 1.82) is 0 Å². The molecule has 0 fully saturated rings. The van der Waals surface area contributed by atoms with Gasteiger partial charge in [0, 0.05) is 0 Å². The molecule has 0 radical (unpaired) electrons. The van der Waals surface area contributed by atoms with Crippen LogP contribution in [0.1, 0.15) is 0 Å². The molecule has 3 nitrogen and oxygen atoms in total. The number of para-hydroxylation sites is 3. The molecule has 0 aromatic heterocycles. The molecule has 0 atom stereocenters. The summed E-state index contributed by atoms with van der Waals surface area (Å²) >= 11 is 3.40. The Bertz CT molecular complexity index is 528. The maximum Gasteiger partial charge on any atom is 0.211 e. The monoisotopic (exact) mass is 291 g/mol. The van der Waals surface area contributed by atoms with E-state index in [0.717, 1.165) is 4.47 Å². The average molecular weight is 292 g/mol. The van der Waals surface area contributed by atoms with E-state index in [-0.39, 0.29) is 0 Å². The van der Waals surface area contributed by atoms with E-state index in [9.17, 15) is 4.79 Å². The summed E-state index contributed by atoms with van der Waals surface area (Å²) in [6.45, 7) is 0. The van der Waals surface area contributed by atoms with E-state index in [1.54, 1.807) is 12.1 Å². The van der Waals surface area contributed by atoms with Crippen LogP contribution in [0.4, 0.5) is 5.69 Å². The van der Waals surface area contributed by atoms with Crippen LogP contribution in [-0.2, 0) is 4.79 Å². The molecule has 0 bridgehead atoms. The average Bonchev–Trinajstić information content (AvgIpc) is 2.35. The Kier molecular flexibility index (Phi) is 3.77. The topological polar surface area (TPSA) is 38.3 Å². The highest BCUT2D eigenvalue weighted by Gasteiger charge is 2.05. The largest absolute Gasteiger partial charge is 0.454 e. The number of hydrogen-bond donors (Lipinski definition) is 1. The van der Waals surface area contributed by atoms with Crippen molar-refractivity contribution in [3.05, 3.63) is 53.0 Å². The highest BCUT2D eigenvalue weighted by molar-refractivity contribution is 9.10. The van der Waals surface area contributed by atoms with Crippen molar-refractivity contribution < 1.29 is 9.53 Å². The molecule has 0 heterocycles. The van der Waals surface area contributed by atoms with Crippen LogP contribution in [0.15, 0.2) is 53.0 Å². The van der Waals surface area contributed by atoms with Gasteiger partial charge in [-0.05, 0) is 40.2 Å². The molecule has 2 rings (SSSR count). The van der Waals surface area contributed by atoms with Gasteiger partial charge in [-0.25, -0.2) is 0 Å². The number of ether oxygens (including phenoxy) is 1. The third kappa shape index (κ3) is 2.85. The predicted octanol–water partition coefficient (Wildman–Crippen LogP) is 3.81. The standard InChI is InChI=1S/C13H10BrNO2/c14-10-5-1-3-7-12(10)17-13-8-4-2-6-11(13)15-9-16/h1-9H,(H,15,16). The van der Waals surface area contributed by atoms with Crippen LogP contribution in [0.25, 0.3) is 0 Å². The van der Waals surface area contributed by atoms with Crippen LogP contribution in [-0.4, -0.2) is 6.41 Å². The highest BCUT2D eigenvalue weighted by Crippen LogP contribution is 2.33. The molecule has 1 amide bonds. The number of benzene rings is 2. The lowest BCUT2D eigenvalue weighted by Gasteiger charge is -2.10. The van der Waals surface area contributed by atoms with Gasteiger partial charge in [0.1, 0.15) is 5.75 Å². The van der Waals surface area contributed by atoms with E-state index in [1.165, 1.54) is 0 Å². The second kappa shape index (κ2) is 5.50. The number of anilines is 1. The molecule has 0 unspecified atom stereocenters. The van der Waals surface area contributed by atoms with Crippen molar-refractivity contribution >= 4 is 28.0 Å². The number of hydrogen-bond acceptors (Lipinski definition) is 2. The third-order valence-electron chi connectivity index (χ3n) is 2.16. The molecule has 86 valence electrons. The summed E-state index contributed by atoms with van der Waals surface area (Å²) in [4.78, 5) is 10.5. The minimum Gasteiger partial charge on any atom is -0.454 e. The Morgan fingerprint density at radius 1 is 1.00 bits per heavy atom. The summed E-state index contributed by atoms with van der Waals surface area (Å²) in [5.74, 6) is 1.30. The summed E-state index contributed by atoms with van der Waals surface area (Å²) in [6, 6.07) is 14.8. The molecule has 0 aliphatic carbocycles. The Morgan fingerprint density at radius 3 is 2.35 bits per heavy atom. The lowest BCUT2D eigenvalue weighted by Crippen LogP contribution is -1.96. The zero-order valence-electron chi connectivity index (χ0n) is 8.89. The smallest absolute Gasteiger partial charge is 0.211 e. The molecule has 0 aliphatic rings. The van der Waals surface area contributed by atoms with E-state index in [1.807, 2.05) is 36.4 Å². The number of carbonyl (C=O) groups excluding carboxylic acids is 1. The molecule has 0 saturated carbocycles. The van der Waals surface area contributed by atoms with Crippen LogP contribution in [0.2, 0.25) is 0 Å². The first-order valence-electron chi connectivity index (χ1n) is 5.03. The number of rotatable bonds is 4. The van der Waals surface area contributed by atoms with Gasteiger partial charge in [-0.15, -0.1) is 0 Å². The van der Waals surface area contributed by atoms with Crippen molar-refractivity contribution in [2.75, 3.05) is 5.32 Å². The first kappa shape index (κ1) is 11.7. The zero-order valence-corrected chi connectivity index (χ0v) is 10.5. The minimum atomic E-state index is 0.603. The van der Waals surface area contributed by atoms with Crippen molar-refractivity contribution in [1.82, 2.24) is 0 Å². The Labute approximate surface area is 108 Å². The number of nitrogens with one attached hydrogen (secondary N) is 1. The molecule has 0 aliphatic heterocycles. The van der Waals surface area contributed by atoms with Crippen LogP contribution in [0, 0.1) is 0 Å². The van der Waals surface area contributed by atoms with Crippen molar-refractivity contribution in [3.8, 4) is 11.5 Å². The molecule has 1 N–H and O–H groups in total. The summed E-state index contributed by atoms with van der Waals surface area (Å²) in [6.07, 6.45) is 0.627. The SMILES string of the molecule is O=CNc1ccccc1Oc1ccccc1Br. The van der Waals surface area contributed by atoms with Gasteiger partial charge < -0.3 is 10.1 Å². The van der Waals surface area contributed by atoms with E-state index < -0.39 is 0 Å². The number of halogens is 1. The predicted molar refractivity (Wildman–Crippen MR) is 70.3 cm³/mol. The van der Waals surface area contributed by atoms with Crippen LogP contribution in [0.5, 0.6) is 11.5 Å². The maximum atomic E-state index is 10.5. The fourth-order valence-corrected chi connectivity index (χ4v) is 1.75. The molecule has 4 heteroatoms. The lowest BCUT2D eigenvalue weighted by molar-refractivity contribution is -0.105. The van der Waals surface area contributed by atoms with Gasteiger partial charge >= 0.3 is 0 Å². The van der Waals surface area contributed by atoms with Crippen molar-refractivity contribution in [2.24, 2.45) is 0 Å². The van der Waals surface area contributed by atoms with Gasteiger partial charge in [-0.3, -0.25) is 4.79 Å². The fourth-order valence-electron chi connectivity index (χ4n) is 1.38. The molecule has 17 heavy (non-hydrogen) atoms. The molecular weight excluding hydrogens is 282 g/mol. The van der Waals surface area contributed by atoms with Crippen molar-refractivity contribution in [2.45, 2.75) is 0 Å². The van der Waals surface area contributed by atoms with Gasteiger partial charge in [0.15, 0.2) is 5.75 Å². The summed E-state index contributed by atoms with van der Waals surface area (Å²) in [7, 11) is 0. The first-order chi connectivity index (χ1) is 8.31. The van der Waals surface area contributed by atoms with E-state index in [4.69, 9.17) is 4.74 Å². The summed E-state index contributed by atoms with van der Waals surface area (Å²) in [5.41, 5.74) is 0.637. The van der Waals surface area contributed by atoms with Gasteiger partial charge in [0.05, 0.1) is 10.2 Å². The molecule has 0 spiro atoms. The van der Waals surface area contributed by atoms with Gasteiger partial charge in [-0.1, -0.05) is 24.3 Å². The summed E-state index contributed by atoms with van der Waals surface area (Å²) < 4.78 is 6.59. The maximum absolute atomic E-state index is 10.5. The van der Waals surface area contributed by atoms with Crippen LogP contribution >= 0.6 is 15.9 Å². The van der Waals surface area contributed by atoms with Crippen LogP contribution < -0.4 is 10.1 Å². The minimum absolute atomic E-state index is 0.603. The Hall–Kier alpha value is -1.81. The first-order valence-corrected chi connectivity index (χ1v) is 5.82. The highest BCUT2D eigenvalue weighted by atomic mass is 79.9. The van der Waals surface area contributed by atoms with E-state index >= 15 is 0 Å². The molecule has 2 aromatic carbocycles. The van der Waals surface area contributed by atoms with E-state index in [2.05, 4.69) is 21.2 Å². The quantitative estimate of drug-likeness (QED) is 0.870. The molecule has 0 saturated heterocycles. The second-order valence-electron chi connectivity index (χ2n) is 3.29. The molecular formula is C13H10BrNO2. The second-order valence-corrected chi connectivity index (χ2v) is 4.15. The van der Waals surface area contributed by atoms with Crippen molar-refractivity contribution in [3.63, 3.8) is 0 Å². The van der Waals surface area contributed by atoms with E-state index in [0.29, 0.717) is 23.6 Å². The van der Waals surface area contributed by atoms with Gasteiger partial charge in [-0.2, -0.15) is 0 Å². The normalized spacial score (nSPS) is 9.71. The van der Waals surface area contributed by atoms with Crippen LogP contribution in [0.3, 0.4) is 0 Å². The number of carbonyl (C=O) groups is 1. The van der Waals surface area contributed by atoms with Gasteiger partial charge in [0.2, 0.25) is 6.41 Å². The zero-order chi connectivity index (χ0) is 12.1. The lowest BCUT2D eigenvalue weighted by atomic mass is 10.3.